The van der Waals surface area contributed by atoms with Crippen LogP contribution in [0.3, 0.4) is 0 Å². The molecule has 0 saturated carbocycles. The molecular formula is C6H13ClO2. The average Bonchev–Trinajstić information content (AvgIpc) is 1.91. The quantitative estimate of drug-likeness (QED) is 0.484. The first kappa shape index (κ1) is 11.7. The fourth-order valence-corrected chi connectivity index (χ4v) is 0.0913. The molecule has 0 radical (unpaired) electrons. The lowest BCUT2D eigenvalue weighted by molar-refractivity contribution is 0.135. The molecule has 9 heavy (non-hydrogen) atoms. The van der Waals surface area contributed by atoms with E-state index in [0.717, 1.165) is 0 Å². The normalized spacial score (nSPS) is 7.44. The predicted molar refractivity (Wildman–Crippen MR) is 39.9 cm³/mol. The van der Waals surface area contributed by atoms with Gasteiger partial charge in [-0.1, -0.05) is 6.08 Å². The lowest BCUT2D eigenvalue weighted by Crippen LogP contribution is -1.91. The third kappa shape index (κ3) is 32.3. The predicted octanol–water partition coefficient (Wildman–Crippen LogP) is 1.04. The van der Waals surface area contributed by atoms with Crippen molar-refractivity contribution < 1.29 is 9.84 Å². The van der Waals surface area contributed by atoms with Crippen molar-refractivity contribution in [3.05, 3.63) is 12.7 Å². The van der Waals surface area contributed by atoms with E-state index in [1.807, 2.05) is 0 Å². The van der Waals surface area contributed by atoms with Gasteiger partial charge in [0.2, 0.25) is 0 Å². The third-order valence-corrected chi connectivity index (χ3v) is 0.623. The van der Waals surface area contributed by atoms with Crippen molar-refractivity contribution >= 4 is 11.6 Å². The number of aliphatic hydroxyl groups excluding tert-OH is 1. The maximum atomic E-state index is 7.94. The molecule has 0 saturated heterocycles. The number of hydrogen-bond acceptors (Lipinski definition) is 2. The molecule has 0 aromatic carbocycles. The van der Waals surface area contributed by atoms with Gasteiger partial charge in [0.15, 0.2) is 0 Å². The monoisotopic (exact) mass is 152 g/mol. The number of rotatable bonds is 3. The summed E-state index contributed by atoms with van der Waals surface area (Å²) in [7, 11) is 1.55. The molecule has 1 N–H and O–H groups in total. The van der Waals surface area contributed by atoms with Crippen molar-refractivity contribution in [2.24, 2.45) is 0 Å². The standard InChI is InChI=1S/C3H5Cl.C3H8O2/c1-2-3-4;1-5-3-2-4/h2H,1,3H2;4H,2-3H2,1H3. The first-order valence-corrected chi connectivity index (χ1v) is 3.13. The van der Waals surface area contributed by atoms with Crippen molar-refractivity contribution in [3.63, 3.8) is 0 Å². The van der Waals surface area contributed by atoms with Crippen molar-refractivity contribution in [3.8, 4) is 0 Å². The van der Waals surface area contributed by atoms with E-state index in [1.165, 1.54) is 0 Å². The highest BCUT2D eigenvalue weighted by Crippen LogP contribution is 1.67. The molecule has 0 heterocycles. The molecule has 0 bridgehead atoms. The molecule has 0 aliphatic carbocycles. The minimum absolute atomic E-state index is 0.122. The smallest absolute Gasteiger partial charge is 0.0693 e. The summed E-state index contributed by atoms with van der Waals surface area (Å²) >= 11 is 5.07. The highest BCUT2D eigenvalue weighted by atomic mass is 35.5. The lowest BCUT2D eigenvalue weighted by Gasteiger charge is -1.84. The van der Waals surface area contributed by atoms with Gasteiger partial charge in [-0.25, -0.2) is 0 Å². The number of allylic oxidation sites excluding steroid dienone is 1. The molecule has 0 spiro atoms. The van der Waals surface area contributed by atoms with Gasteiger partial charge in [0.05, 0.1) is 13.2 Å². The van der Waals surface area contributed by atoms with Gasteiger partial charge in [0, 0.05) is 13.0 Å². The largest absolute Gasteiger partial charge is 0.394 e. The minimum Gasteiger partial charge on any atom is -0.394 e. The zero-order valence-electron chi connectivity index (χ0n) is 5.64. The fourth-order valence-electron chi connectivity index (χ4n) is 0.0913. The highest BCUT2D eigenvalue weighted by Gasteiger charge is 1.67. The van der Waals surface area contributed by atoms with Crippen molar-refractivity contribution in [2.45, 2.75) is 0 Å². The van der Waals surface area contributed by atoms with Gasteiger partial charge < -0.3 is 9.84 Å². The molecule has 0 aromatic heterocycles. The summed E-state index contributed by atoms with van der Waals surface area (Å²) in [4.78, 5) is 0. The molecule has 0 aliphatic heterocycles. The van der Waals surface area contributed by atoms with E-state index < -0.39 is 0 Å². The van der Waals surface area contributed by atoms with Crippen LogP contribution in [-0.4, -0.2) is 31.3 Å². The fraction of sp³-hybridized carbons (Fsp3) is 0.667. The number of hydrogen-bond donors (Lipinski definition) is 1. The van der Waals surface area contributed by atoms with Gasteiger partial charge in [-0.3, -0.25) is 0 Å². The summed E-state index contributed by atoms with van der Waals surface area (Å²) in [5, 5.41) is 7.94. The molecule has 56 valence electrons. The lowest BCUT2D eigenvalue weighted by atomic mass is 10.8. The van der Waals surface area contributed by atoms with E-state index in [0.29, 0.717) is 12.5 Å². The molecule has 0 aromatic rings. The zero-order chi connectivity index (χ0) is 7.54. The second-order valence-corrected chi connectivity index (χ2v) is 1.47. The number of methoxy groups -OCH3 is 1. The Morgan fingerprint density at radius 3 is 2.22 bits per heavy atom. The summed E-state index contributed by atoms with van der Waals surface area (Å²) in [5.41, 5.74) is 0. The number of ether oxygens (including phenoxy) is 1. The maximum absolute atomic E-state index is 7.94. The van der Waals surface area contributed by atoms with Gasteiger partial charge in [0.1, 0.15) is 0 Å². The van der Waals surface area contributed by atoms with E-state index in [2.05, 4.69) is 11.3 Å². The maximum Gasteiger partial charge on any atom is 0.0693 e. The Morgan fingerprint density at radius 2 is 2.22 bits per heavy atom. The van der Waals surface area contributed by atoms with Crippen LogP contribution in [0.25, 0.3) is 0 Å². The Kier molecular flexibility index (Phi) is 20.4. The third-order valence-electron chi connectivity index (χ3n) is 0.405. The van der Waals surface area contributed by atoms with E-state index in [1.54, 1.807) is 13.2 Å². The molecule has 3 heteroatoms. The second-order valence-electron chi connectivity index (χ2n) is 1.16. The van der Waals surface area contributed by atoms with Gasteiger partial charge in [0.25, 0.3) is 0 Å². The van der Waals surface area contributed by atoms with Gasteiger partial charge in [-0.05, 0) is 0 Å². The Bertz CT molecular complexity index is 46.3. The summed E-state index contributed by atoms with van der Waals surface area (Å²) in [6.07, 6.45) is 1.64. The molecular weight excluding hydrogens is 140 g/mol. The molecule has 0 atom stereocenters. The zero-order valence-corrected chi connectivity index (χ0v) is 6.40. The van der Waals surface area contributed by atoms with Crippen LogP contribution in [0, 0.1) is 0 Å². The van der Waals surface area contributed by atoms with Crippen LogP contribution in [-0.2, 0) is 4.74 Å². The van der Waals surface area contributed by atoms with Crippen molar-refractivity contribution in [1.82, 2.24) is 0 Å². The number of aliphatic hydroxyl groups is 1. The SMILES string of the molecule is C=CCCl.COCCO. The van der Waals surface area contributed by atoms with E-state index in [-0.39, 0.29) is 6.61 Å². The Balaban J connectivity index is 0. The summed E-state index contributed by atoms with van der Waals surface area (Å²) in [5.74, 6) is 0.556. The first-order chi connectivity index (χ1) is 4.33. The van der Waals surface area contributed by atoms with Crippen LogP contribution in [0.1, 0.15) is 0 Å². The molecule has 0 rings (SSSR count). The Morgan fingerprint density at radius 1 is 1.78 bits per heavy atom. The van der Waals surface area contributed by atoms with Crippen LogP contribution in [0.4, 0.5) is 0 Å². The van der Waals surface area contributed by atoms with Crippen molar-refractivity contribution in [2.75, 3.05) is 26.2 Å². The average molecular weight is 153 g/mol. The van der Waals surface area contributed by atoms with Crippen molar-refractivity contribution in [1.29, 1.82) is 0 Å². The summed E-state index contributed by atoms with van der Waals surface area (Å²) in [6, 6.07) is 0. The Hall–Kier alpha value is -0.0500. The topological polar surface area (TPSA) is 29.5 Å². The number of alkyl halides is 1. The van der Waals surface area contributed by atoms with Crippen LogP contribution >= 0.6 is 11.6 Å². The van der Waals surface area contributed by atoms with E-state index >= 15 is 0 Å². The van der Waals surface area contributed by atoms with Crippen LogP contribution in [0.5, 0.6) is 0 Å². The number of halogens is 1. The molecule has 0 fully saturated rings. The van der Waals surface area contributed by atoms with Crippen LogP contribution in [0.2, 0.25) is 0 Å². The van der Waals surface area contributed by atoms with Gasteiger partial charge in [-0.2, -0.15) is 0 Å². The molecule has 0 unspecified atom stereocenters. The van der Waals surface area contributed by atoms with E-state index in [9.17, 15) is 0 Å². The summed E-state index contributed by atoms with van der Waals surface area (Å²) in [6.45, 7) is 3.91. The van der Waals surface area contributed by atoms with Gasteiger partial charge >= 0.3 is 0 Å². The van der Waals surface area contributed by atoms with E-state index in [4.69, 9.17) is 16.7 Å². The first-order valence-electron chi connectivity index (χ1n) is 2.60. The van der Waals surface area contributed by atoms with Gasteiger partial charge in [-0.15, -0.1) is 18.2 Å². The van der Waals surface area contributed by atoms with Crippen LogP contribution in [0.15, 0.2) is 12.7 Å². The minimum atomic E-state index is 0.122. The molecule has 2 nitrogen and oxygen atoms in total. The summed E-state index contributed by atoms with van der Waals surface area (Å²) < 4.78 is 4.44. The highest BCUT2D eigenvalue weighted by molar-refractivity contribution is 6.18. The Labute approximate surface area is 61.1 Å². The van der Waals surface area contributed by atoms with Crippen LogP contribution < -0.4 is 0 Å². The molecule has 0 aliphatic rings. The second kappa shape index (κ2) is 15.7. The molecule has 0 amide bonds.